The Bertz CT molecular complexity index is 803. The van der Waals surface area contributed by atoms with Crippen LogP contribution in [0, 0.1) is 6.92 Å². The highest BCUT2D eigenvalue weighted by atomic mass is 16.5. The Morgan fingerprint density at radius 1 is 0.964 bits per heavy atom. The minimum atomic E-state index is -0.162. The van der Waals surface area contributed by atoms with E-state index in [9.17, 15) is 9.59 Å². The van der Waals surface area contributed by atoms with E-state index in [4.69, 9.17) is 4.74 Å². The molecule has 0 radical (unpaired) electrons. The molecule has 0 spiro atoms. The van der Waals surface area contributed by atoms with Crippen LogP contribution in [0.15, 0.2) is 42.5 Å². The SMILES string of the molecule is CCc1cccc(C)c1NC(=O)CN(CC)CC(=O)Nc1ccc(OC)cc1. The van der Waals surface area contributed by atoms with Crippen molar-refractivity contribution >= 4 is 23.2 Å². The van der Waals surface area contributed by atoms with Crippen LogP contribution in [0.4, 0.5) is 11.4 Å². The van der Waals surface area contributed by atoms with Gasteiger partial charge >= 0.3 is 0 Å². The van der Waals surface area contributed by atoms with Crippen LogP contribution in [0.25, 0.3) is 0 Å². The lowest BCUT2D eigenvalue weighted by atomic mass is 10.1. The summed E-state index contributed by atoms with van der Waals surface area (Å²) in [6, 6.07) is 13.1. The van der Waals surface area contributed by atoms with Crippen LogP contribution < -0.4 is 15.4 Å². The number of benzene rings is 2. The van der Waals surface area contributed by atoms with Crippen molar-refractivity contribution in [3.63, 3.8) is 0 Å². The molecule has 6 heteroatoms. The highest BCUT2D eigenvalue weighted by molar-refractivity contribution is 5.95. The largest absolute Gasteiger partial charge is 0.497 e. The summed E-state index contributed by atoms with van der Waals surface area (Å²) in [4.78, 5) is 26.6. The standard InChI is InChI=1S/C22H29N3O3/c1-5-17-9-7-8-16(3)22(17)24-21(27)15-25(6-2)14-20(26)23-18-10-12-19(28-4)13-11-18/h7-13H,5-6,14-15H2,1-4H3,(H,23,26)(H,24,27). The molecular weight excluding hydrogens is 354 g/mol. The number of rotatable bonds is 9. The average Bonchev–Trinajstić information content (AvgIpc) is 2.69. The molecule has 2 N–H and O–H groups in total. The van der Waals surface area contributed by atoms with E-state index >= 15 is 0 Å². The summed E-state index contributed by atoms with van der Waals surface area (Å²) < 4.78 is 5.11. The Labute approximate surface area is 166 Å². The normalized spacial score (nSPS) is 10.6. The smallest absolute Gasteiger partial charge is 0.238 e. The predicted octanol–water partition coefficient (Wildman–Crippen LogP) is 3.47. The van der Waals surface area contributed by atoms with Crippen molar-refractivity contribution in [2.24, 2.45) is 0 Å². The number of para-hydroxylation sites is 1. The van der Waals surface area contributed by atoms with E-state index in [1.54, 1.807) is 36.3 Å². The molecule has 2 aromatic rings. The molecule has 0 atom stereocenters. The maximum Gasteiger partial charge on any atom is 0.238 e. The van der Waals surface area contributed by atoms with Gasteiger partial charge in [-0.15, -0.1) is 0 Å². The van der Waals surface area contributed by atoms with Gasteiger partial charge in [0.1, 0.15) is 5.75 Å². The van der Waals surface area contributed by atoms with Gasteiger partial charge in [-0.1, -0.05) is 32.0 Å². The number of carbonyl (C=O) groups excluding carboxylic acids is 2. The second-order valence-electron chi connectivity index (χ2n) is 6.59. The topological polar surface area (TPSA) is 70.7 Å². The number of nitrogens with zero attached hydrogens (tertiary/aromatic N) is 1. The van der Waals surface area contributed by atoms with Gasteiger partial charge in [0, 0.05) is 11.4 Å². The molecule has 0 fully saturated rings. The van der Waals surface area contributed by atoms with E-state index in [-0.39, 0.29) is 24.9 Å². The van der Waals surface area contributed by atoms with Crippen LogP contribution in [-0.2, 0) is 16.0 Å². The van der Waals surface area contributed by atoms with Gasteiger partial charge in [0.05, 0.1) is 20.2 Å². The van der Waals surface area contributed by atoms with Gasteiger partial charge < -0.3 is 15.4 Å². The number of likely N-dealkylation sites (N-methyl/N-ethyl adjacent to an activating group) is 1. The zero-order chi connectivity index (χ0) is 20.5. The van der Waals surface area contributed by atoms with Crippen LogP contribution in [0.3, 0.4) is 0 Å². The quantitative estimate of drug-likeness (QED) is 0.696. The molecule has 0 saturated heterocycles. The fraction of sp³-hybridized carbons (Fsp3) is 0.364. The Hall–Kier alpha value is -2.86. The van der Waals surface area contributed by atoms with Crippen molar-refractivity contribution in [2.75, 3.05) is 37.4 Å². The number of anilines is 2. The summed E-state index contributed by atoms with van der Waals surface area (Å²) in [6.45, 7) is 6.87. The van der Waals surface area contributed by atoms with Gasteiger partial charge in [0.15, 0.2) is 0 Å². The molecule has 28 heavy (non-hydrogen) atoms. The Morgan fingerprint density at radius 3 is 2.18 bits per heavy atom. The summed E-state index contributed by atoms with van der Waals surface area (Å²) in [6.07, 6.45) is 0.846. The summed E-state index contributed by atoms with van der Waals surface area (Å²) >= 11 is 0. The molecular formula is C22H29N3O3. The first-order valence-electron chi connectivity index (χ1n) is 9.51. The van der Waals surface area contributed by atoms with Crippen molar-refractivity contribution in [1.82, 2.24) is 4.90 Å². The monoisotopic (exact) mass is 383 g/mol. The number of ether oxygens (including phenoxy) is 1. The van der Waals surface area contributed by atoms with Gasteiger partial charge in [-0.05, 0) is 55.3 Å². The molecule has 2 aromatic carbocycles. The second kappa shape index (κ2) is 10.5. The van der Waals surface area contributed by atoms with Crippen LogP contribution in [0.2, 0.25) is 0 Å². The number of nitrogens with one attached hydrogen (secondary N) is 2. The van der Waals surface area contributed by atoms with Crippen molar-refractivity contribution in [3.8, 4) is 5.75 Å². The van der Waals surface area contributed by atoms with Crippen LogP contribution in [0.5, 0.6) is 5.75 Å². The summed E-state index contributed by atoms with van der Waals surface area (Å²) in [5.74, 6) is 0.445. The van der Waals surface area contributed by atoms with Crippen molar-refractivity contribution in [1.29, 1.82) is 0 Å². The Balaban J connectivity index is 1.92. The minimum Gasteiger partial charge on any atom is -0.497 e. The first-order valence-corrected chi connectivity index (χ1v) is 9.51. The molecule has 0 aromatic heterocycles. The van der Waals surface area contributed by atoms with E-state index in [0.29, 0.717) is 12.2 Å². The third-order valence-corrected chi connectivity index (χ3v) is 4.56. The number of carbonyl (C=O) groups is 2. The van der Waals surface area contributed by atoms with Gasteiger partial charge in [-0.3, -0.25) is 14.5 Å². The lowest BCUT2D eigenvalue weighted by Gasteiger charge is -2.20. The Kier molecular flexibility index (Phi) is 8.02. The van der Waals surface area contributed by atoms with E-state index in [2.05, 4.69) is 17.6 Å². The van der Waals surface area contributed by atoms with E-state index in [1.807, 2.05) is 32.0 Å². The van der Waals surface area contributed by atoms with Gasteiger partial charge in [-0.25, -0.2) is 0 Å². The maximum absolute atomic E-state index is 12.5. The highest BCUT2D eigenvalue weighted by Gasteiger charge is 2.15. The zero-order valence-electron chi connectivity index (χ0n) is 17.0. The maximum atomic E-state index is 12.5. The van der Waals surface area contributed by atoms with Gasteiger partial charge in [-0.2, -0.15) is 0 Å². The molecule has 6 nitrogen and oxygen atoms in total. The molecule has 150 valence electrons. The highest BCUT2D eigenvalue weighted by Crippen LogP contribution is 2.21. The summed E-state index contributed by atoms with van der Waals surface area (Å²) in [7, 11) is 1.60. The van der Waals surface area contributed by atoms with Crippen LogP contribution in [0.1, 0.15) is 25.0 Å². The average molecular weight is 383 g/mol. The van der Waals surface area contributed by atoms with Crippen molar-refractivity contribution < 1.29 is 14.3 Å². The summed E-state index contributed by atoms with van der Waals surface area (Å²) in [5.41, 5.74) is 3.70. The first-order chi connectivity index (χ1) is 13.5. The number of methoxy groups -OCH3 is 1. The molecule has 0 saturated carbocycles. The lowest BCUT2D eigenvalue weighted by molar-refractivity contribution is -0.119. The fourth-order valence-corrected chi connectivity index (χ4v) is 2.94. The summed E-state index contributed by atoms with van der Waals surface area (Å²) in [5, 5.41) is 5.84. The zero-order valence-corrected chi connectivity index (χ0v) is 17.0. The van der Waals surface area contributed by atoms with E-state index < -0.39 is 0 Å². The minimum absolute atomic E-state index is 0.122. The predicted molar refractivity (Wildman–Crippen MR) is 113 cm³/mol. The molecule has 2 amide bonds. The fourth-order valence-electron chi connectivity index (χ4n) is 2.94. The second-order valence-corrected chi connectivity index (χ2v) is 6.59. The first kappa shape index (κ1) is 21.4. The van der Waals surface area contributed by atoms with Crippen LogP contribution >= 0.6 is 0 Å². The third-order valence-electron chi connectivity index (χ3n) is 4.56. The number of hydrogen-bond donors (Lipinski definition) is 2. The molecule has 0 unspecified atom stereocenters. The molecule has 0 heterocycles. The van der Waals surface area contributed by atoms with E-state index in [1.165, 1.54) is 0 Å². The van der Waals surface area contributed by atoms with Gasteiger partial charge in [0.25, 0.3) is 0 Å². The van der Waals surface area contributed by atoms with Crippen molar-refractivity contribution in [2.45, 2.75) is 27.2 Å². The van der Waals surface area contributed by atoms with Gasteiger partial charge in [0.2, 0.25) is 11.8 Å². The molecule has 0 bridgehead atoms. The number of amides is 2. The molecule has 0 aliphatic rings. The third kappa shape index (κ3) is 6.09. The molecule has 2 rings (SSSR count). The Morgan fingerprint density at radius 2 is 1.61 bits per heavy atom. The van der Waals surface area contributed by atoms with E-state index in [0.717, 1.165) is 29.0 Å². The number of hydrogen-bond acceptors (Lipinski definition) is 4. The van der Waals surface area contributed by atoms with Crippen LogP contribution in [-0.4, -0.2) is 43.5 Å². The molecule has 0 aliphatic heterocycles. The van der Waals surface area contributed by atoms with Crippen molar-refractivity contribution in [3.05, 3.63) is 53.6 Å². The molecule has 0 aliphatic carbocycles. The lowest BCUT2D eigenvalue weighted by Crippen LogP contribution is -2.38. The number of aryl methyl sites for hydroxylation is 2.